The number of H-pyrrole nitrogens is 1. The maximum absolute atomic E-state index is 12.7. The van der Waals surface area contributed by atoms with Crippen LogP contribution in [0.1, 0.15) is 17.5 Å². The molecular formula is C21H22ClN3O3. The number of fused-ring (bicyclic) bond motifs is 1. The number of rotatable bonds is 6. The number of aromatic nitrogens is 1. The topological polar surface area (TPSA) is 85.4 Å². The molecule has 0 radical (unpaired) electrons. The minimum atomic E-state index is -0.348. The lowest BCUT2D eigenvalue weighted by Gasteiger charge is -2.23. The third-order valence-electron chi connectivity index (χ3n) is 4.49. The number of nitrogens with one attached hydrogen (secondary N) is 2. The molecule has 0 unspecified atom stereocenters. The Morgan fingerprint density at radius 3 is 2.68 bits per heavy atom. The van der Waals surface area contributed by atoms with Gasteiger partial charge in [-0.3, -0.25) is 4.79 Å². The summed E-state index contributed by atoms with van der Waals surface area (Å²) in [5.74, 6) is 0. The van der Waals surface area contributed by atoms with Crippen molar-refractivity contribution in [2.75, 3.05) is 18.5 Å². The van der Waals surface area contributed by atoms with Crippen LogP contribution in [0.15, 0.2) is 53.3 Å². The molecule has 2 amide bonds. The largest absolute Gasteiger partial charge is 0.396 e. The fourth-order valence-corrected chi connectivity index (χ4v) is 3.13. The summed E-state index contributed by atoms with van der Waals surface area (Å²) in [6.07, 6.45) is 0.415. The fraction of sp³-hybridized carbons (Fsp3) is 0.238. The standard InChI is InChI=1S/C21H22ClN3O3/c1-14-4-2-5-15-12-16(20(27)24-19(14)15)13-25(10-3-11-26)21(28)23-18-8-6-17(22)7-9-18/h2,4-9,12,26H,3,10-11,13H2,1H3,(H,23,28)(H,24,27). The van der Waals surface area contributed by atoms with Gasteiger partial charge in [0.05, 0.1) is 12.1 Å². The number of anilines is 1. The molecule has 146 valence electrons. The number of hydrogen-bond acceptors (Lipinski definition) is 3. The van der Waals surface area contributed by atoms with E-state index >= 15 is 0 Å². The lowest BCUT2D eigenvalue weighted by atomic mass is 10.1. The zero-order valence-corrected chi connectivity index (χ0v) is 16.3. The van der Waals surface area contributed by atoms with Gasteiger partial charge in [0.25, 0.3) is 5.56 Å². The van der Waals surface area contributed by atoms with Crippen LogP contribution in [0.4, 0.5) is 10.5 Å². The summed E-state index contributed by atoms with van der Waals surface area (Å²) in [4.78, 5) is 29.7. The lowest BCUT2D eigenvalue weighted by molar-refractivity contribution is 0.199. The van der Waals surface area contributed by atoms with Crippen molar-refractivity contribution in [3.05, 3.63) is 75.0 Å². The molecule has 3 N–H and O–H groups in total. The molecule has 0 fully saturated rings. The Morgan fingerprint density at radius 1 is 1.21 bits per heavy atom. The fourth-order valence-electron chi connectivity index (χ4n) is 3.00. The molecule has 2 aromatic carbocycles. The first kappa shape index (κ1) is 19.9. The molecule has 3 aromatic rings. The molecule has 0 saturated carbocycles. The highest BCUT2D eigenvalue weighted by atomic mass is 35.5. The van der Waals surface area contributed by atoms with E-state index in [2.05, 4.69) is 10.3 Å². The van der Waals surface area contributed by atoms with Crippen molar-refractivity contribution in [3.63, 3.8) is 0 Å². The van der Waals surface area contributed by atoms with E-state index in [0.29, 0.717) is 29.2 Å². The SMILES string of the molecule is Cc1cccc2cc(CN(CCCO)C(=O)Nc3ccc(Cl)cc3)c(=O)[nH]c12. The number of aromatic amines is 1. The second kappa shape index (κ2) is 8.91. The number of benzene rings is 2. The molecule has 1 heterocycles. The highest BCUT2D eigenvalue weighted by Crippen LogP contribution is 2.17. The van der Waals surface area contributed by atoms with Crippen molar-refractivity contribution < 1.29 is 9.90 Å². The van der Waals surface area contributed by atoms with Crippen LogP contribution in [-0.2, 0) is 6.54 Å². The van der Waals surface area contributed by atoms with E-state index in [1.165, 1.54) is 4.90 Å². The number of carbonyl (C=O) groups excluding carboxylic acids is 1. The van der Waals surface area contributed by atoms with E-state index in [-0.39, 0.29) is 24.7 Å². The van der Waals surface area contributed by atoms with Crippen LogP contribution in [0.25, 0.3) is 10.9 Å². The zero-order chi connectivity index (χ0) is 20.1. The third-order valence-corrected chi connectivity index (χ3v) is 4.75. The second-order valence-corrected chi connectivity index (χ2v) is 7.04. The zero-order valence-electron chi connectivity index (χ0n) is 15.5. The average molecular weight is 400 g/mol. The number of carbonyl (C=O) groups is 1. The molecule has 0 bridgehead atoms. The van der Waals surface area contributed by atoms with Crippen molar-refractivity contribution in [1.29, 1.82) is 0 Å². The first-order chi connectivity index (χ1) is 13.5. The predicted molar refractivity (Wildman–Crippen MR) is 112 cm³/mol. The monoisotopic (exact) mass is 399 g/mol. The van der Waals surface area contributed by atoms with Crippen LogP contribution in [0, 0.1) is 6.92 Å². The molecule has 3 rings (SSSR count). The molecule has 0 aliphatic heterocycles. The molecular weight excluding hydrogens is 378 g/mol. The second-order valence-electron chi connectivity index (χ2n) is 6.60. The summed E-state index contributed by atoms with van der Waals surface area (Å²) >= 11 is 5.87. The maximum atomic E-state index is 12.7. The summed E-state index contributed by atoms with van der Waals surface area (Å²) in [5.41, 5.74) is 2.64. The number of aliphatic hydroxyl groups excluding tert-OH is 1. The van der Waals surface area contributed by atoms with Crippen LogP contribution >= 0.6 is 11.6 Å². The van der Waals surface area contributed by atoms with Gasteiger partial charge in [0.2, 0.25) is 0 Å². The number of para-hydroxylation sites is 1. The molecule has 0 saturated heterocycles. The van der Waals surface area contributed by atoms with Gasteiger partial charge < -0.3 is 20.3 Å². The number of pyridine rings is 1. The quantitative estimate of drug-likeness (QED) is 0.587. The molecule has 28 heavy (non-hydrogen) atoms. The number of hydrogen-bond donors (Lipinski definition) is 3. The minimum Gasteiger partial charge on any atom is -0.396 e. The Balaban J connectivity index is 1.84. The molecule has 7 heteroatoms. The van der Waals surface area contributed by atoms with Crippen LogP contribution in [0.5, 0.6) is 0 Å². The lowest BCUT2D eigenvalue weighted by Crippen LogP contribution is -2.37. The summed E-state index contributed by atoms with van der Waals surface area (Å²) in [6.45, 7) is 2.35. The summed E-state index contributed by atoms with van der Waals surface area (Å²) in [7, 11) is 0. The van der Waals surface area contributed by atoms with E-state index < -0.39 is 0 Å². The molecule has 1 aromatic heterocycles. The normalized spacial score (nSPS) is 10.8. The molecule has 0 spiro atoms. The van der Waals surface area contributed by atoms with E-state index in [4.69, 9.17) is 16.7 Å². The van der Waals surface area contributed by atoms with Gasteiger partial charge >= 0.3 is 6.03 Å². The van der Waals surface area contributed by atoms with Crippen LogP contribution in [-0.4, -0.2) is 34.2 Å². The van der Waals surface area contributed by atoms with Crippen molar-refractivity contribution in [3.8, 4) is 0 Å². The number of aryl methyl sites for hydroxylation is 1. The number of halogens is 1. The first-order valence-electron chi connectivity index (χ1n) is 9.02. The summed E-state index contributed by atoms with van der Waals surface area (Å²) < 4.78 is 0. The third kappa shape index (κ3) is 4.71. The Kier molecular flexibility index (Phi) is 6.34. The summed E-state index contributed by atoms with van der Waals surface area (Å²) in [5, 5.41) is 13.5. The maximum Gasteiger partial charge on any atom is 0.322 e. The highest BCUT2D eigenvalue weighted by molar-refractivity contribution is 6.30. The van der Waals surface area contributed by atoms with Gasteiger partial charge in [-0.25, -0.2) is 4.79 Å². The molecule has 6 nitrogen and oxygen atoms in total. The van der Waals surface area contributed by atoms with Crippen molar-refractivity contribution in [2.24, 2.45) is 0 Å². The minimum absolute atomic E-state index is 0.0437. The van der Waals surface area contributed by atoms with Gasteiger partial charge in [-0.2, -0.15) is 0 Å². The van der Waals surface area contributed by atoms with E-state index in [1.807, 2.05) is 31.2 Å². The predicted octanol–water partition coefficient (Wildman–Crippen LogP) is 3.91. The van der Waals surface area contributed by atoms with Crippen LogP contribution in [0.3, 0.4) is 0 Å². The van der Waals surface area contributed by atoms with E-state index in [0.717, 1.165) is 16.5 Å². The Hall–Kier alpha value is -2.83. The van der Waals surface area contributed by atoms with Crippen LogP contribution in [0.2, 0.25) is 5.02 Å². The molecule has 0 atom stereocenters. The Labute approximate surface area is 167 Å². The first-order valence-corrected chi connectivity index (χ1v) is 9.39. The van der Waals surface area contributed by atoms with Crippen molar-refractivity contribution in [2.45, 2.75) is 19.9 Å². The van der Waals surface area contributed by atoms with Crippen molar-refractivity contribution >= 4 is 34.2 Å². The van der Waals surface area contributed by atoms with Crippen molar-refractivity contribution in [1.82, 2.24) is 9.88 Å². The highest BCUT2D eigenvalue weighted by Gasteiger charge is 2.16. The smallest absolute Gasteiger partial charge is 0.322 e. The van der Waals surface area contributed by atoms with Gasteiger partial charge in [-0.15, -0.1) is 0 Å². The number of aliphatic hydroxyl groups is 1. The van der Waals surface area contributed by atoms with E-state index in [1.54, 1.807) is 24.3 Å². The average Bonchev–Trinajstić information content (AvgIpc) is 2.68. The molecule has 0 aliphatic carbocycles. The number of urea groups is 1. The van der Waals surface area contributed by atoms with Gasteiger partial charge in [0, 0.05) is 29.4 Å². The van der Waals surface area contributed by atoms with Crippen LogP contribution < -0.4 is 10.9 Å². The Morgan fingerprint density at radius 2 is 1.96 bits per heavy atom. The van der Waals surface area contributed by atoms with Gasteiger partial charge in [-0.1, -0.05) is 29.8 Å². The van der Waals surface area contributed by atoms with Gasteiger partial charge in [-0.05, 0) is 54.6 Å². The Bertz CT molecular complexity index is 1030. The number of nitrogens with zero attached hydrogens (tertiary/aromatic N) is 1. The van der Waals surface area contributed by atoms with E-state index in [9.17, 15) is 9.59 Å². The molecule has 0 aliphatic rings. The van der Waals surface area contributed by atoms with Gasteiger partial charge in [0.15, 0.2) is 0 Å². The van der Waals surface area contributed by atoms with Gasteiger partial charge in [0.1, 0.15) is 0 Å². The number of amides is 2. The summed E-state index contributed by atoms with van der Waals surface area (Å²) in [6, 6.07) is 14.0.